The van der Waals surface area contributed by atoms with E-state index in [1.807, 2.05) is 0 Å². The molecule has 0 aliphatic heterocycles. The molecule has 1 heterocycles. The summed E-state index contributed by atoms with van der Waals surface area (Å²) in [6, 6.07) is 0. The first-order chi connectivity index (χ1) is 5.79. The molecule has 1 aromatic heterocycles. The minimum Gasteiger partial charge on any atom is -0.461 e. The molecular weight excluding hydrogens is 165 g/mol. The van der Waals surface area contributed by atoms with Crippen molar-refractivity contribution in [2.24, 2.45) is 0 Å². The van der Waals surface area contributed by atoms with Crippen molar-refractivity contribution in [3.8, 4) is 0 Å². The fourth-order valence-corrected chi connectivity index (χ4v) is 0.709. The number of nitrogens with one attached hydrogen (secondary N) is 1. The van der Waals surface area contributed by atoms with Crippen LogP contribution in [0.1, 0.15) is 23.1 Å². The molecule has 0 fully saturated rings. The number of rotatable bonds is 3. The molecule has 1 N–H and O–H groups in total. The topological polar surface area (TPSA) is 67.9 Å². The van der Waals surface area contributed by atoms with Crippen LogP contribution in [0.15, 0.2) is 0 Å². The third kappa shape index (κ3) is 1.58. The number of esters is 1. The number of hydrogen-bond acceptors (Lipinski definition) is 4. The van der Waals surface area contributed by atoms with Gasteiger partial charge in [-0.25, -0.2) is 9.18 Å². The number of carbonyl (C=O) groups excluding carboxylic acids is 1. The smallest absolute Gasteiger partial charge is 0.360 e. The minimum atomic E-state index is -0.829. The molecule has 0 radical (unpaired) electrons. The number of halogens is 1. The van der Waals surface area contributed by atoms with Crippen molar-refractivity contribution in [1.29, 1.82) is 0 Å². The number of ether oxygens (including phenoxy) is 1. The number of nitrogens with zero attached hydrogens (tertiary/aromatic N) is 2. The van der Waals surface area contributed by atoms with Crippen molar-refractivity contribution in [2.45, 2.75) is 13.6 Å². The first-order valence-corrected chi connectivity index (χ1v) is 3.42. The van der Waals surface area contributed by atoms with E-state index in [9.17, 15) is 9.18 Å². The molecule has 1 rings (SSSR count). The van der Waals surface area contributed by atoms with Crippen LogP contribution < -0.4 is 0 Å². The first-order valence-electron chi connectivity index (χ1n) is 3.42. The van der Waals surface area contributed by atoms with Crippen LogP contribution in [-0.4, -0.2) is 28.0 Å². The van der Waals surface area contributed by atoms with Crippen LogP contribution in [0.25, 0.3) is 0 Å². The van der Waals surface area contributed by atoms with Crippen molar-refractivity contribution in [3.63, 3.8) is 0 Å². The molecule has 0 aliphatic rings. The van der Waals surface area contributed by atoms with E-state index in [4.69, 9.17) is 0 Å². The highest BCUT2D eigenvalue weighted by Crippen LogP contribution is 2.04. The Morgan fingerprint density at radius 1 is 1.67 bits per heavy atom. The lowest BCUT2D eigenvalue weighted by Crippen LogP contribution is -2.07. The Labute approximate surface area is 67.9 Å². The van der Waals surface area contributed by atoms with Gasteiger partial charge < -0.3 is 4.74 Å². The molecule has 66 valence electrons. The Balaban J connectivity index is 2.79. The number of alkyl halides is 1. The van der Waals surface area contributed by atoms with Crippen LogP contribution in [0.2, 0.25) is 0 Å². The predicted molar refractivity (Wildman–Crippen MR) is 37.2 cm³/mol. The Hall–Kier alpha value is -1.46. The van der Waals surface area contributed by atoms with Gasteiger partial charge in [0.1, 0.15) is 12.4 Å². The maximum absolute atomic E-state index is 12.1. The van der Waals surface area contributed by atoms with E-state index >= 15 is 0 Å². The van der Waals surface area contributed by atoms with E-state index in [0.717, 1.165) is 0 Å². The zero-order valence-electron chi connectivity index (χ0n) is 6.50. The van der Waals surface area contributed by atoms with E-state index < -0.39 is 12.6 Å². The van der Waals surface area contributed by atoms with Gasteiger partial charge in [0.2, 0.25) is 0 Å². The van der Waals surface area contributed by atoms with Gasteiger partial charge in [-0.1, -0.05) is 0 Å². The third-order valence-corrected chi connectivity index (χ3v) is 1.22. The fraction of sp³-hybridized carbons (Fsp3) is 0.500. The number of aromatic nitrogens is 3. The van der Waals surface area contributed by atoms with Crippen molar-refractivity contribution in [3.05, 3.63) is 11.4 Å². The summed E-state index contributed by atoms with van der Waals surface area (Å²) < 4.78 is 16.7. The molecular formula is C6H8FN3O2. The summed E-state index contributed by atoms with van der Waals surface area (Å²) in [5, 5.41) is 9.03. The molecule has 12 heavy (non-hydrogen) atoms. The van der Waals surface area contributed by atoms with Gasteiger partial charge in [0.25, 0.3) is 0 Å². The molecule has 0 bridgehead atoms. The van der Waals surface area contributed by atoms with Crippen LogP contribution in [0.3, 0.4) is 0 Å². The number of H-pyrrole nitrogens is 1. The second-order valence-electron chi connectivity index (χ2n) is 1.97. The second-order valence-corrected chi connectivity index (χ2v) is 1.97. The molecule has 0 aliphatic carbocycles. The van der Waals surface area contributed by atoms with Crippen LogP contribution in [-0.2, 0) is 11.4 Å². The monoisotopic (exact) mass is 173 g/mol. The lowest BCUT2D eigenvalue weighted by atomic mass is 10.3. The summed E-state index contributed by atoms with van der Waals surface area (Å²) in [4.78, 5) is 11.0. The highest BCUT2D eigenvalue weighted by atomic mass is 19.1. The summed E-state index contributed by atoms with van der Waals surface area (Å²) in [5.74, 6) is -0.654. The minimum absolute atomic E-state index is 0.0200. The van der Waals surface area contributed by atoms with Crippen LogP contribution >= 0.6 is 0 Å². The maximum atomic E-state index is 12.1. The van der Waals surface area contributed by atoms with Gasteiger partial charge in [-0.15, -0.1) is 5.10 Å². The molecule has 5 nitrogen and oxygen atoms in total. The Morgan fingerprint density at radius 3 is 3.00 bits per heavy atom. The third-order valence-electron chi connectivity index (χ3n) is 1.22. The molecule has 0 spiro atoms. The van der Waals surface area contributed by atoms with Crippen molar-refractivity contribution >= 4 is 5.97 Å². The SMILES string of the molecule is CCOC(=O)c1n[nH]nc1CF. The molecule has 1 aromatic rings. The predicted octanol–water partition coefficient (Wildman–Crippen LogP) is 0.451. The van der Waals surface area contributed by atoms with E-state index in [0.29, 0.717) is 0 Å². The molecule has 0 aromatic carbocycles. The van der Waals surface area contributed by atoms with Gasteiger partial charge in [0.15, 0.2) is 5.69 Å². The van der Waals surface area contributed by atoms with Crippen molar-refractivity contribution < 1.29 is 13.9 Å². The Morgan fingerprint density at radius 2 is 2.42 bits per heavy atom. The summed E-state index contributed by atoms with van der Waals surface area (Å²) in [5.41, 5.74) is -0.104. The van der Waals surface area contributed by atoms with Gasteiger partial charge in [-0.3, -0.25) is 0 Å². The zero-order chi connectivity index (χ0) is 8.97. The average molecular weight is 173 g/mol. The summed E-state index contributed by atoms with van der Waals surface area (Å²) >= 11 is 0. The number of aromatic amines is 1. The zero-order valence-corrected chi connectivity index (χ0v) is 6.50. The van der Waals surface area contributed by atoms with Gasteiger partial charge in [0, 0.05) is 0 Å². The summed E-state index contributed by atoms with van der Waals surface area (Å²) in [6.45, 7) is 1.06. The molecule has 6 heteroatoms. The molecule has 0 saturated heterocycles. The average Bonchev–Trinajstić information content (AvgIpc) is 2.51. The van der Waals surface area contributed by atoms with Gasteiger partial charge in [-0.05, 0) is 6.92 Å². The fourth-order valence-electron chi connectivity index (χ4n) is 0.709. The van der Waals surface area contributed by atoms with Crippen LogP contribution in [0.4, 0.5) is 4.39 Å². The molecule has 0 amide bonds. The standard InChI is InChI=1S/C6H8FN3O2/c1-2-12-6(11)5-4(3-7)8-10-9-5/h2-3H2,1H3,(H,8,9,10). The first kappa shape index (κ1) is 8.63. The Kier molecular flexibility index (Phi) is 2.73. The van der Waals surface area contributed by atoms with Crippen LogP contribution in [0.5, 0.6) is 0 Å². The van der Waals surface area contributed by atoms with E-state index in [1.165, 1.54) is 0 Å². The normalized spacial score (nSPS) is 9.83. The Bertz CT molecular complexity index is 274. The van der Waals surface area contributed by atoms with Gasteiger partial charge >= 0.3 is 5.97 Å². The summed E-state index contributed by atoms with van der Waals surface area (Å²) in [7, 11) is 0. The highest BCUT2D eigenvalue weighted by molar-refractivity contribution is 5.88. The van der Waals surface area contributed by atoms with Crippen LogP contribution in [0, 0.1) is 0 Å². The van der Waals surface area contributed by atoms with Crippen molar-refractivity contribution in [2.75, 3.05) is 6.61 Å². The van der Waals surface area contributed by atoms with Gasteiger partial charge in [0.05, 0.1) is 6.61 Å². The molecule has 0 saturated carbocycles. The molecule has 0 unspecified atom stereocenters. The lowest BCUT2D eigenvalue weighted by molar-refractivity contribution is 0.0517. The highest BCUT2D eigenvalue weighted by Gasteiger charge is 2.16. The molecule has 0 atom stereocenters. The largest absolute Gasteiger partial charge is 0.461 e. The van der Waals surface area contributed by atoms with E-state index in [-0.39, 0.29) is 18.0 Å². The van der Waals surface area contributed by atoms with Gasteiger partial charge in [-0.2, -0.15) is 10.3 Å². The summed E-state index contributed by atoms with van der Waals surface area (Å²) in [6.07, 6.45) is 0. The van der Waals surface area contributed by atoms with Crippen molar-refractivity contribution in [1.82, 2.24) is 15.4 Å². The van der Waals surface area contributed by atoms with E-state index in [1.54, 1.807) is 6.92 Å². The second kappa shape index (κ2) is 3.80. The van der Waals surface area contributed by atoms with E-state index in [2.05, 4.69) is 20.1 Å². The lowest BCUT2D eigenvalue weighted by Gasteiger charge is -1.96. The number of hydrogen-bond donors (Lipinski definition) is 1. The number of carbonyl (C=O) groups is 1. The maximum Gasteiger partial charge on any atom is 0.360 e. The quantitative estimate of drug-likeness (QED) is 0.674.